The Labute approximate surface area is 239 Å². The maximum Gasteiger partial charge on any atom is 0.123 e. The summed E-state index contributed by atoms with van der Waals surface area (Å²) in [5, 5.41) is 13.7. The molecule has 0 aliphatic heterocycles. The van der Waals surface area contributed by atoms with E-state index in [1.165, 1.54) is 54.6 Å². The molecule has 2 nitrogen and oxygen atoms in total. The molecule has 0 saturated carbocycles. The Morgan fingerprint density at radius 3 is 1.60 bits per heavy atom. The van der Waals surface area contributed by atoms with E-state index in [-0.39, 0.29) is 0 Å². The Kier molecular flexibility index (Phi) is 5.54. The first-order chi connectivity index (χ1) is 19.8. The van der Waals surface area contributed by atoms with Crippen molar-refractivity contribution in [2.45, 2.75) is 0 Å². The minimum absolute atomic E-state index is 1.04. The van der Waals surface area contributed by atoms with E-state index in [4.69, 9.17) is 0 Å². The summed E-state index contributed by atoms with van der Waals surface area (Å²) in [5.74, 6) is 0. The molecule has 8 rings (SSSR count). The van der Waals surface area contributed by atoms with Gasteiger partial charge in [0, 0.05) is 34.3 Å². The molecule has 4 heteroatoms. The minimum Gasteiger partial charge on any atom is -0.245 e. The zero-order valence-electron chi connectivity index (χ0n) is 21.4. The second kappa shape index (κ2) is 9.53. The summed E-state index contributed by atoms with van der Waals surface area (Å²) >= 11 is 3.35. The number of thiazole rings is 2. The lowest BCUT2D eigenvalue weighted by Gasteiger charge is -2.20. The minimum atomic E-state index is 1.04. The van der Waals surface area contributed by atoms with Crippen LogP contribution in [0.5, 0.6) is 0 Å². The fraction of sp³-hybridized carbons (Fsp3) is 0. The van der Waals surface area contributed by atoms with Gasteiger partial charge in [-0.05, 0) is 66.7 Å². The van der Waals surface area contributed by atoms with E-state index in [0.717, 1.165) is 21.1 Å². The molecule has 2 heterocycles. The summed E-state index contributed by atoms with van der Waals surface area (Å²) in [4.78, 5) is 9.18. The molecule has 0 bridgehead atoms. The van der Waals surface area contributed by atoms with Gasteiger partial charge in [0.25, 0.3) is 0 Å². The average Bonchev–Trinajstić information content (AvgIpc) is 3.75. The number of nitrogens with zero attached hydrogens (tertiary/aromatic N) is 2. The van der Waals surface area contributed by atoms with Crippen molar-refractivity contribution in [2.24, 2.45) is 0 Å². The van der Waals surface area contributed by atoms with Gasteiger partial charge in [0.2, 0.25) is 0 Å². The van der Waals surface area contributed by atoms with E-state index in [0.29, 0.717) is 0 Å². The van der Waals surface area contributed by atoms with Crippen molar-refractivity contribution in [1.29, 1.82) is 0 Å². The smallest absolute Gasteiger partial charge is 0.123 e. The highest BCUT2D eigenvalue weighted by molar-refractivity contribution is 7.13. The van der Waals surface area contributed by atoms with Crippen molar-refractivity contribution < 1.29 is 0 Å². The molecule has 188 valence electrons. The monoisotopic (exact) mass is 546 g/mol. The number of aromatic nitrogens is 2. The van der Waals surface area contributed by atoms with Gasteiger partial charge in [0.05, 0.1) is 0 Å². The van der Waals surface area contributed by atoms with Crippen molar-refractivity contribution in [1.82, 2.24) is 9.97 Å². The lowest BCUT2D eigenvalue weighted by atomic mass is 9.83. The third kappa shape index (κ3) is 3.76. The summed E-state index contributed by atoms with van der Waals surface area (Å²) in [5.41, 5.74) is 7.21. The Morgan fingerprint density at radius 1 is 0.425 bits per heavy atom. The molecule has 0 N–H and O–H groups in total. The maximum absolute atomic E-state index is 4.59. The van der Waals surface area contributed by atoms with Crippen molar-refractivity contribution in [2.75, 3.05) is 0 Å². The molecule has 0 saturated heterocycles. The molecule has 0 unspecified atom stereocenters. The van der Waals surface area contributed by atoms with E-state index in [2.05, 4.69) is 119 Å². The van der Waals surface area contributed by atoms with Crippen LogP contribution >= 0.6 is 22.7 Å². The zero-order valence-corrected chi connectivity index (χ0v) is 23.0. The first-order valence-corrected chi connectivity index (χ1v) is 15.0. The summed E-state index contributed by atoms with van der Waals surface area (Å²) in [7, 11) is 0. The summed E-state index contributed by atoms with van der Waals surface area (Å²) < 4.78 is 0. The summed E-state index contributed by atoms with van der Waals surface area (Å²) in [6, 6.07) is 39.8. The molecule has 0 aliphatic carbocycles. The molecule has 2 aromatic heterocycles. The van der Waals surface area contributed by atoms with Crippen molar-refractivity contribution >= 4 is 55.0 Å². The fourth-order valence-corrected chi connectivity index (χ4v) is 7.18. The highest BCUT2D eigenvalue weighted by Gasteiger charge is 2.19. The maximum atomic E-state index is 4.59. The van der Waals surface area contributed by atoms with Crippen molar-refractivity contribution in [3.63, 3.8) is 0 Å². The predicted molar refractivity (Wildman–Crippen MR) is 172 cm³/mol. The van der Waals surface area contributed by atoms with Crippen molar-refractivity contribution in [3.8, 4) is 43.4 Å². The first kappa shape index (κ1) is 23.3. The Hall–Kier alpha value is -4.64. The van der Waals surface area contributed by atoms with E-state index >= 15 is 0 Å². The SMILES string of the molecule is c1cc(-c2nccs2)cc(-c2c3ccccc3c(-c3cccc(-c4nccs4)c3)c3c2ccc2ccccc23)c1. The molecule has 0 aliphatic rings. The van der Waals surface area contributed by atoms with Crippen LogP contribution in [0, 0.1) is 0 Å². The van der Waals surface area contributed by atoms with Crippen LogP contribution in [0.15, 0.2) is 132 Å². The zero-order chi connectivity index (χ0) is 26.5. The van der Waals surface area contributed by atoms with Gasteiger partial charge in [0.15, 0.2) is 0 Å². The summed E-state index contributed by atoms with van der Waals surface area (Å²) in [6.45, 7) is 0. The number of fused-ring (bicyclic) bond motifs is 4. The fourth-order valence-electron chi connectivity index (χ4n) is 5.91. The third-order valence-corrected chi connectivity index (χ3v) is 9.22. The largest absolute Gasteiger partial charge is 0.245 e. The van der Waals surface area contributed by atoms with Gasteiger partial charge in [-0.1, -0.05) is 97.1 Å². The molecule has 40 heavy (non-hydrogen) atoms. The second-order valence-corrected chi connectivity index (χ2v) is 11.6. The topological polar surface area (TPSA) is 25.8 Å². The molecule has 0 spiro atoms. The highest BCUT2D eigenvalue weighted by atomic mass is 32.1. The normalized spacial score (nSPS) is 11.5. The molecule has 8 aromatic rings. The van der Waals surface area contributed by atoms with E-state index in [1.807, 2.05) is 23.2 Å². The van der Waals surface area contributed by atoms with Crippen LogP contribution < -0.4 is 0 Å². The Balaban J connectivity index is 1.52. The van der Waals surface area contributed by atoms with Gasteiger partial charge in [-0.2, -0.15) is 0 Å². The molecule has 6 aromatic carbocycles. The molecule has 0 amide bonds. The van der Waals surface area contributed by atoms with Gasteiger partial charge in [-0.25, -0.2) is 9.97 Å². The van der Waals surface area contributed by atoms with Crippen molar-refractivity contribution in [3.05, 3.63) is 132 Å². The third-order valence-electron chi connectivity index (χ3n) is 7.58. The lowest BCUT2D eigenvalue weighted by molar-refractivity contribution is 1.41. The number of rotatable bonds is 4. The predicted octanol–water partition coefficient (Wildman–Crippen LogP) is 10.7. The number of hydrogen-bond donors (Lipinski definition) is 0. The van der Waals surface area contributed by atoms with Gasteiger partial charge in [-0.15, -0.1) is 22.7 Å². The van der Waals surface area contributed by atoms with Gasteiger partial charge in [-0.3, -0.25) is 0 Å². The Morgan fingerprint density at radius 2 is 0.975 bits per heavy atom. The van der Waals surface area contributed by atoms with Gasteiger partial charge in [0.1, 0.15) is 10.0 Å². The van der Waals surface area contributed by atoms with Crippen LogP contribution in [0.3, 0.4) is 0 Å². The molecular weight excluding hydrogens is 525 g/mol. The summed E-state index contributed by atoms with van der Waals surface area (Å²) in [6.07, 6.45) is 3.75. The second-order valence-electron chi connectivity index (χ2n) is 9.84. The van der Waals surface area contributed by atoms with Crippen LogP contribution in [0.1, 0.15) is 0 Å². The Bertz CT molecular complexity index is 2160. The van der Waals surface area contributed by atoms with Crippen LogP contribution in [0.25, 0.3) is 75.7 Å². The van der Waals surface area contributed by atoms with E-state index < -0.39 is 0 Å². The quantitative estimate of drug-likeness (QED) is 0.162. The standard InChI is InChI=1S/C36H22N2S2/c1-2-12-28-23(7-1)15-16-31-32(24-8-5-10-26(21-24)35-37-17-19-39-35)29-13-3-4-14-30(29)33(34(28)31)25-9-6-11-27(22-25)36-38-18-20-40-36/h1-22H. The average molecular weight is 547 g/mol. The lowest BCUT2D eigenvalue weighted by Crippen LogP contribution is -1.92. The molecule has 0 radical (unpaired) electrons. The highest BCUT2D eigenvalue weighted by Crippen LogP contribution is 2.47. The van der Waals surface area contributed by atoms with Crippen LogP contribution in [-0.4, -0.2) is 9.97 Å². The van der Waals surface area contributed by atoms with Gasteiger partial charge < -0.3 is 0 Å². The van der Waals surface area contributed by atoms with Crippen LogP contribution in [-0.2, 0) is 0 Å². The number of hydrogen-bond acceptors (Lipinski definition) is 4. The van der Waals surface area contributed by atoms with E-state index in [9.17, 15) is 0 Å². The van der Waals surface area contributed by atoms with Crippen LogP contribution in [0.4, 0.5) is 0 Å². The first-order valence-electron chi connectivity index (χ1n) is 13.2. The molecule has 0 fully saturated rings. The van der Waals surface area contributed by atoms with Gasteiger partial charge >= 0.3 is 0 Å². The van der Waals surface area contributed by atoms with Crippen LogP contribution in [0.2, 0.25) is 0 Å². The molecule has 0 atom stereocenters. The number of benzene rings is 6. The van der Waals surface area contributed by atoms with E-state index in [1.54, 1.807) is 22.7 Å². The molecular formula is C36H22N2S2.